The standard InChI is InChI=1S/C9H9NO5S/c1-2-16-8-6(11)4-3-5(9(12)13)7(8)10(14)15/h3-4,11H,2H2,1H3,(H,12,13). The summed E-state index contributed by atoms with van der Waals surface area (Å²) in [5.74, 6) is -1.16. The highest BCUT2D eigenvalue weighted by Gasteiger charge is 2.26. The summed E-state index contributed by atoms with van der Waals surface area (Å²) in [6.45, 7) is 1.75. The molecule has 6 nitrogen and oxygen atoms in total. The Morgan fingerprint density at radius 2 is 2.19 bits per heavy atom. The van der Waals surface area contributed by atoms with Crippen molar-refractivity contribution >= 4 is 23.4 Å². The van der Waals surface area contributed by atoms with Gasteiger partial charge in [0.1, 0.15) is 16.2 Å². The van der Waals surface area contributed by atoms with Gasteiger partial charge in [-0.15, -0.1) is 11.8 Å². The van der Waals surface area contributed by atoms with E-state index in [1.807, 2.05) is 0 Å². The molecule has 1 aromatic carbocycles. The summed E-state index contributed by atoms with van der Waals surface area (Å²) in [6, 6.07) is 2.17. The molecule has 0 heterocycles. The molecule has 0 unspecified atom stereocenters. The van der Waals surface area contributed by atoms with Gasteiger partial charge in [0.15, 0.2) is 0 Å². The van der Waals surface area contributed by atoms with Crippen molar-refractivity contribution in [3.05, 3.63) is 27.8 Å². The minimum Gasteiger partial charge on any atom is -0.507 e. The first-order valence-corrected chi connectivity index (χ1v) is 5.34. The van der Waals surface area contributed by atoms with Gasteiger partial charge in [-0.1, -0.05) is 6.92 Å². The number of aromatic hydroxyl groups is 1. The van der Waals surface area contributed by atoms with E-state index in [4.69, 9.17) is 5.11 Å². The van der Waals surface area contributed by atoms with Crippen LogP contribution in [0.1, 0.15) is 17.3 Å². The lowest BCUT2D eigenvalue weighted by Crippen LogP contribution is -2.04. The number of hydrogen-bond donors (Lipinski definition) is 2. The molecule has 2 N–H and O–H groups in total. The fourth-order valence-electron chi connectivity index (χ4n) is 1.20. The van der Waals surface area contributed by atoms with Crippen LogP contribution in [0.4, 0.5) is 5.69 Å². The summed E-state index contributed by atoms with van der Waals surface area (Å²) in [4.78, 5) is 20.8. The van der Waals surface area contributed by atoms with Crippen LogP contribution in [-0.4, -0.2) is 26.9 Å². The van der Waals surface area contributed by atoms with Crippen LogP contribution in [0.3, 0.4) is 0 Å². The number of aromatic carboxylic acids is 1. The number of phenols is 1. The van der Waals surface area contributed by atoms with Gasteiger partial charge in [-0.3, -0.25) is 10.1 Å². The van der Waals surface area contributed by atoms with Gasteiger partial charge in [-0.25, -0.2) is 4.79 Å². The van der Waals surface area contributed by atoms with Gasteiger partial charge in [-0.05, 0) is 17.9 Å². The van der Waals surface area contributed by atoms with Gasteiger partial charge in [0.25, 0.3) is 0 Å². The molecule has 0 saturated carbocycles. The van der Waals surface area contributed by atoms with Crippen molar-refractivity contribution in [2.45, 2.75) is 11.8 Å². The number of nitro benzene ring substituents is 1. The second-order valence-electron chi connectivity index (χ2n) is 2.81. The molecule has 0 amide bonds. The van der Waals surface area contributed by atoms with Gasteiger partial charge in [-0.2, -0.15) is 0 Å². The van der Waals surface area contributed by atoms with Gasteiger partial charge in [0.05, 0.1) is 4.92 Å². The number of rotatable bonds is 4. The second kappa shape index (κ2) is 4.84. The predicted octanol–water partition coefficient (Wildman–Crippen LogP) is 2.11. The lowest BCUT2D eigenvalue weighted by Gasteiger charge is -2.06. The highest BCUT2D eigenvalue weighted by Crippen LogP contribution is 2.39. The number of nitro groups is 1. The largest absolute Gasteiger partial charge is 0.507 e. The predicted molar refractivity (Wildman–Crippen MR) is 58.1 cm³/mol. The van der Waals surface area contributed by atoms with E-state index in [1.54, 1.807) is 6.92 Å². The van der Waals surface area contributed by atoms with E-state index in [2.05, 4.69) is 0 Å². The van der Waals surface area contributed by atoms with Crippen molar-refractivity contribution in [2.24, 2.45) is 0 Å². The summed E-state index contributed by atoms with van der Waals surface area (Å²) >= 11 is 1.03. The normalized spacial score (nSPS) is 10.1. The van der Waals surface area contributed by atoms with E-state index in [9.17, 15) is 20.0 Å². The van der Waals surface area contributed by atoms with Gasteiger partial charge in [0, 0.05) is 0 Å². The molecule has 0 aliphatic rings. The zero-order valence-corrected chi connectivity index (χ0v) is 9.15. The minimum atomic E-state index is -1.38. The van der Waals surface area contributed by atoms with Crippen molar-refractivity contribution in [1.29, 1.82) is 0 Å². The molecule has 0 radical (unpaired) electrons. The average Bonchev–Trinajstić information content (AvgIpc) is 2.20. The third-order valence-corrected chi connectivity index (χ3v) is 2.79. The third-order valence-electron chi connectivity index (χ3n) is 1.81. The molecule has 0 saturated heterocycles. The SMILES string of the molecule is CCSc1c(O)ccc(C(=O)O)c1[N+](=O)[O-]. The monoisotopic (exact) mass is 243 g/mol. The molecule has 16 heavy (non-hydrogen) atoms. The summed E-state index contributed by atoms with van der Waals surface area (Å²) < 4.78 is 0. The molecule has 0 fully saturated rings. The maximum absolute atomic E-state index is 10.8. The Balaban J connectivity index is 3.49. The first-order chi connectivity index (χ1) is 7.49. The highest BCUT2D eigenvalue weighted by molar-refractivity contribution is 7.99. The van der Waals surface area contributed by atoms with E-state index >= 15 is 0 Å². The van der Waals surface area contributed by atoms with E-state index in [0.717, 1.165) is 23.9 Å². The van der Waals surface area contributed by atoms with Crippen LogP contribution in [0.5, 0.6) is 5.75 Å². The Labute approximate surface area is 95.1 Å². The zero-order chi connectivity index (χ0) is 12.3. The molecule has 0 atom stereocenters. The number of phenolic OH excluding ortho intramolecular Hbond substituents is 1. The molecule has 1 rings (SSSR count). The fourth-order valence-corrected chi connectivity index (χ4v) is 2.03. The molecule has 0 aliphatic carbocycles. The number of carbonyl (C=O) groups is 1. The molecule has 0 bridgehead atoms. The zero-order valence-electron chi connectivity index (χ0n) is 8.34. The number of carboxylic acids is 1. The average molecular weight is 243 g/mol. The van der Waals surface area contributed by atoms with Crippen molar-refractivity contribution in [3.8, 4) is 5.75 Å². The number of benzene rings is 1. The molecular formula is C9H9NO5S. The Kier molecular flexibility index (Phi) is 3.73. The fraction of sp³-hybridized carbons (Fsp3) is 0.222. The van der Waals surface area contributed by atoms with Crippen LogP contribution in [0, 0.1) is 10.1 Å². The van der Waals surface area contributed by atoms with E-state index < -0.39 is 22.1 Å². The van der Waals surface area contributed by atoms with Crippen LogP contribution < -0.4 is 0 Å². The lowest BCUT2D eigenvalue weighted by atomic mass is 10.1. The Bertz CT molecular complexity index is 446. The third kappa shape index (κ3) is 2.25. The van der Waals surface area contributed by atoms with Crippen LogP contribution in [0.2, 0.25) is 0 Å². The first-order valence-electron chi connectivity index (χ1n) is 4.35. The van der Waals surface area contributed by atoms with Crippen molar-refractivity contribution in [2.75, 3.05) is 5.75 Å². The smallest absolute Gasteiger partial charge is 0.342 e. The van der Waals surface area contributed by atoms with Gasteiger partial charge < -0.3 is 10.2 Å². The van der Waals surface area contributed by atoms with Crippen molar-refractivity contribution in [3.63, 3.8) is 0 Å². The number of nitrogens with zero attached hydrogens (tertiary/aromatic N) is 1. The molecule has 0 aromatic heterocycles. The van der Waals surface area contributed by atoms with Crippen LogP contribution in [0.15, 0.2) is 17.0 Å². The van der Waals surface area contributed by atoms with Gasteiger partial charge in [0.2, 0.25) is 0 Å². The lowest BCUT2D eigenvalue weighted by molar-refractivity contribution is -0.388. The Morgan fingerprint density at radius 1 is 1.56 bits per heavy atom. The van der Waals surface area contributed by atoms with E-state index in [1.165, 1.54) is 0 Å². The van der Waals surface area contributed by atoms with Crippen molar-refractivity contribution < 1.29 is 19.9 Å². The summed E-state index contributed by atoms with van der Waals surface area (Å²) in [6.07, 6.45) is 0. The number of carboxylic acid groups (broad SMARTS) is 1. The Morgan fingerprint density at radius 3 is 2.62 bits per heavy atom. The molecule has 1 aromatic rings. The van der Waals surface area contributed by atoms with Crippen LogP contribution in [0.25, 0.3) is 0 Å². The van der Waals surface area contributed by atoms with E-state index in [0.29, 0.717) is 5.75 Å². The van der Waals surface area contributed by atoms with E-state index in [-0.39, 0.29) is 10.6 Å². The summed E-state index contributed by atoms with van der Waals surface area (Å²) in [5.41, 5.74) is -0.974. The first kappa shape index (κ1) is 12.3. The molecule has 86 valence electrons. The molecular weight excluding hydrogens is 234 g/mol. The molecule has 7 heteroatoms. The molecule has 0 spiro atoms. The quantitative estimate of drug-likeness (QED) is 0.477. The van der Waals surface area contributed by atoms with Crippen LogP contribution in [-0.2, 0) is 0 Å². The highest BCUT2D eigenvalue weighted by atomic mass is 32.2. The van der Waals surface area contributed by atoms with Crippen molar-refractivity contribution in [1.82, 2.24) is 0 Å². The number of thioether (sulfide) groups is 1. The molecule has 0 aliphatic heterocycles. The van der Waals surface area contributed by atoms with Gasteiger partial charge >= 0.3 is 11.7 Å². The van der Waals surface area contributed by atoms with Crippen LogP contribution >= 0.6 is 11.8 Å². The maximum atomic E-state index is 10.8. The maximum Gasteiger partial charge on any atom is 0.342 e. The number of hydrogen-bond acceptors (Lipinski definition) is 5. The summed E-state index contributed by atoms with van der Waals surface area (Å²) in [7, 11) is 0. The summed E-state index contributed by atoms with van der Waals surface area (Å²) in [5, 5.41) is 29.1. The second-order valence-corrected chi connectivity index (χ2v) is 4.08. The minimum absolute atomic E-state index is 0.00704. The Hall–Kier alpha value is -1.76. The topological polar surface area (TPSA) is 101 Å².